The molecule has 0 heterocycles. The number of hydrogen-bond donors (Lipinski definition) is 1. The number of fused-ring (bicyclic) bond motifs is 1. The van der Waals surface area contributed by atoms with E-state index in [1.54, 1.807) is 11.8 Å². The van der Waals surface area contributed by atoms with E-state index in [-0.39, 0.29) is 11.9 Å². The Balaban J connectivity index is 1.60. The van der Waals surface area contributed by atoms with E-state index in [1.165, 1.54) is 10.8 Å². The van der Waals surface area contributed by atoms with Gasteiger partial charge in [-0.05, 0) is 47.0 Å². The first-order valence-electron chi connectivity index (χ1n) is 8.32. The second kappa shape index (κ2) is 8.54. The highest BCUT2D eigenvalue weighted by Gasteiger charge is 2.13. The molecule has 0 radical (unpaired) electrons. The Morgan fingerprint density at radius 3 is 2.48 bits per heavy atom. The summed E-state index contributed by atoms with van der Waals surface area (Å²) >= 11 is 5.02. The van der Waals surface area contributed by atoms with Gasteiger partial charge >= 0.3 is 0 Å². The smallest absolute Gasteiger partial charge is 0.230 e. The number of carbonyl (C=O) groups is 1. The van der Waals surface area contributed by atoms with Crippen molar-refractivity contribution in [2.45, 2.75) is 24.3 Å². The van der Waals surface area contributed by atoms with E-state index in [1.807, 2.05) is 24.3 Å². The topological polar surface area (TPSA) is 29.1 Å². The number of halogens is 1. The van der Waals surface area contributed by atoms with Gasteiger partial charge < -0.3 is 5.32 Å². The molecule has 1 atom stereocenters. The van der Waals surface area contributed by atoms with E-state index < -0.39 is 0 Å². The fraction of sp³-hybridized carbons (Fsp3) is 0.190. The molecule has 0 aliphatic rings. The average Bonchev–Trinajstić information content (AvgIpc) is 2.65. The first-order chi connectivity index (χ1) is 12.2. The standard InChI is InChI=1S/C21H20BrNOS/c1-2-20(16-7-10-18(22)11-8-16)23-21(24)14-25-19-12-9-15-5-3-4-6-17(15)13-19/h3-13,20H,2,14H2,1H3,(H,23,24)/t20-/m0/s1. The molecule has 3 aromatic carbocycles. The number of thioether (sulfide) groups is 1. The molecule has 128 valence electrons. The molecule has 0 aliphatic heterocycles. The lowest BCUT2D eigenvalue weighted by Gasteiger charge is -2.17. The highest BCUT2D eigenvalue weighted by Crippen LogP contribution is 2.24. The fourth-order valence-corrected chi connectivity index (χ4v) is 3.78. The molecular weight excluding hydrogens is 394 g/mol. The van der Waals surface area contributed by atoms with Crippen LogP contribution in [-0.4, -0.2) is 11.7 Å². The molecular formula is C21H20BrNOS. The van der Waals surface area contributed by atoms with Crippen LogP contribution in [0.25, 0.3) is 10.8 Å². The largest absolute Gasteiger partial charge is 0.349 e. The third kappa shape index (κ3) is 4.86. The minimum absolute atomic E-state index is 0.0535. The molecule has 0 aromatic heterocycles. The van der Waals surface area contributed by atoms with Gasteiger partial charge in [0, 0.05) is 9.37 Å². The van der Waals surface area contributed by atoms with Gasteiger partial charge in [-0.3, -0.25) is 4.79 Å². The molecule has 0 fully saturated rings. The van der Waals surface area contributed by atoms with Crippen molar-refractivity contribution in [3.63, 3.8) is 0 Å². The highest BCUT2D eigenvalue weighted by molar-refractivity contribution is 9.10. The number of nitrogens with one attached hydrogen (secondary N) is 1. The normalized spacial score (nSPS) is 12.1. The number of carbonyl (C=O) groups excluding carboxylic acids is 1. The molecule has 0 saturated heterocycles. The van der Waals surface area contributed by atoms with Crippen molar-refractivity contribution in [2.24, 2.45) is 0 Å². The van der Waals surface area contributed by atoms with E-state index in [0.29, 0.717) is 5.75 Å². The minimum Gasteiger partial charge on any atom is -0.349 e. The van der Waals surface area contributed by atoms with Gasteiger partial charge in [-0.2, -0.15) is 0 Å². The molecule has 0 bridgehead atoms. The maximum atomic E-state index is 12.3. The van der Waals surface area contributed by atoms with E-state index in [4.69, 9.17) is 0 Å². The monoisotopic (exact) mass is 413 g/mol. The van der Waals surface area contributed by atoms with Crippen molar-refractivity contribution in [2.75, 3.05) is 5.75 Å². The maximum Gasteiger partial charge on any atom is 0.230 e. The zero-order valence-corrected chi connectivity index (χ0v) is 16.4. The lowest BCUT2D eigenvalue weighted by Crippen LogP contribution is -2.29. The van der Waals surface area contributed by atoms with Gasteiger partial charge in [-0.1, -0.05) is 65.3 Å². The van der Waals surface area contributed by atoms with Crippen LogP contribution in [0.2, 0.25) is 0 Å². The highest BCUT2D eigenvalue weighted by atomic mass is 79.9. The number of amides is 1. The van der Waals surface area contributed by atoms with Crippen molar-refractivity contribution in [1.29, 1.82) is 0 Å². The van der Waals surface area contributed by atoms with Crippen molar-refractivity contribution in [1.82, 2.24) is 5.32 Å². The van der Waals surface area contributed by atoms with Gasteiger partial charge in [-0.25, -0.2) is 0 Å². The summed E-state index contributed by atoms with van der Waals surface area (Å²) in [6.45, 7) is 2.09. The Morgan fingerprint density at radius 1 is 1.04 bits per heavy atom. The van der Waals surface area contributed by atoms with Crippen LogP contribution < -0.4 is 5.32 Å². The Kier molecular flexibility index (Phi) is 6.16. The molecule has 3 rings (SSSR count). The summed E-state index contributed by atoms with van der Waals surface area (Å²) in [6.07, 6.45) is 0.869. The second-order valence-corrected chi connectivity index (χ2v) is 7.84. The van der Waals surface area contributed by atoms with Crippen molar-refractivity contribution < 1.29 is 4.79 Å². The van der Waals surface area contributed by atoms with E-state index in [2.05, 4.69) is 70.6 Å². The Morgan fingerprint density at radius 2 is 1.76 bits per heavy atom. The number of rotatable bonds is 6. The molecule has 0 aliphatic carbocycles. The first kappa shape index (κ1) is 18.0. The zero-order chi connectivity index (χ0) is 17.6. The van der Waals surface area contributed by atoms with Gasteiger partial charge in [-0.15, -0.1) is 11.8 Å². The zero-order valence-electron chi connectivity index (χ0n) is 14.0. The van der Waals surface area contributed by atoms with Crippen LogP contribution in [0.15, 0.2) is 76.1 Å². The SMILES string of the molecule is CC[C@H](NC(=O)CSc1ccc2ccccc2c1)c1ccc(Br)cc1. The van der Waals surface area contributed by atoms with Gasteiger partial charge in [0.15, 0.2) is 0 Å². The molecule has 0 unspecified atom stereocenters. The average molecular weight is 414 g/mol. The summed E-state index contributed by atoms with van der Waals surface area (Å²) in [6, 6.07) is 22.8. The lowest BCUT2D eigenvalue weighted by atomic mass is 10.0. The van der Waals surface area contributed by atoms with Crippen LogP contribution in [0, 0.1) is 0 Å². The minimum atomic E-state index is 0.0535. The molecule has 0 saturated carbocycles. The van der Waals surface area contributed by atoms with Crippen LogP contribution in [0.5, 0.6) is 0 Å². The van der Waals surface area contributed by atoms with E-state index >= 15 is 0 Å². The van der Waals surface area contributed by atoms with Gasteiger partial charge in [0.25, 0.3) is 0 Å². The second-order valence-electron chi connectivity index (χ2n) is 5.88. The van der Waals surface area contributed by atoms with Crippen molar-refractivity contribution in [3.05, 3.63) is 76.8 Å². The Labute approximate surface area is 161 Å². The van der Waals surface area contributed by atoms with Crippen LogP contribution in [0.1, 0.15) is 24.9 Å². The molecule has 3 aromatic rings. The third-order valence-electron chi connectivity index (χ3n) is 4.11. The third-order valence-corrected chi connectivity index (χ3v) is 5.63. The maximum absolute atomic E-state index is 12.3. The fourth-order valence-electron chi connectivity index (χ4n) is 2.76. The first-order valence-corrected chi connectivity index (χ1v) is 10.1. The van der Waals surface area contributed by atoms with Gasteiger partial charge in [0.2, 0.25) is 5.91 Å². The Bertz CT molecular complexity index is 863. The molecule has 25 heavy (non-hydrogen) atoms. The van der Waals surface area contributed by atoms with Crippen molar-refractivity contribution in [3.8, 4) is 0 Å². The molecule has 4 heteroatoms. The molecule has 1 N–H and O–H groups in total. The summed E-state index contributed by atoms with van der Waals surface area (Å²) in [5.41, 5.74) is 1.13. The summed E-state index contributed by atoms with van der Waals surface area (Å²) < 4.78 is 1.05. The van der Waals surface area contributed by atoms with Crippen LogP contribution in [0.3, 0.4) is 0 Å². The Hall–Kier alpha value is -1.78. The predicted octanol–water partition coefficient (Wildman–Crippen LogP) is 5.96. The predicted molar refractivity (Wildman–Crippen MR) is 110 cm³/mol. The lowest BCUT2D eigenvalue weighted by molar-refractivity contribution is -0.119. The summed E-state index contributed by atoms with van der Waals surface area (Å²) in [5, 5.41) is 5.56. The van der Waals surface area contributed by atoms with Crippen molar-refractivity contribution >= 4 is 44.4 Å². The quantitative estimate of drug-likeness (QED) is 0.504. The number of benzene rings is 3. The van der Waals surface area contributed by atoms with E-state index in [0.717, 1.165) is 21.4 Å². The van der Waals surface area contributed by atoms with E-state index in [9.17, 15) is 4.79 Å². The summed E-state index contributed by atoms with van der Waals surface area (Å²) in [7, 11) is 0. The molecule has 1 amide bonds. The summed E-state index contributed by atoms with van der Waals surface area (Å²) in [5.74, 6) is 0.485. The van der Waals surface area contributed by atoms with Gasteiger partial charge in [0.1, 0.15) is 0 Å². The molecule has 2 nitrogen and oxygen atoms in total. The van der Waals surface area contributed by atoms with Crippen LogP contribution >= 0.6 is 27.7 Å². The van der Waals surface area contributed by atoms with Crippen LogP contribution in [-0.2, 0) is 4.79 Å². The number of hydrogen-bond acceptors (Lipinski definition) is 2. The molecule has 0 spiro atoms. The summed E-state index contributed by atoms with van der Waals surface area (Å²) in [4.78, 5) is 13.5. The van der Waals surface area contributed by atoms with Crippen LogP contribution in [0.4, 0.5) is 0 Å². The van der Waals surface area contributed by atoms with Gasteiger partial charge in [0.05, 0.1) is 11.8 Å².